The molecule has 2 heterocycles. The van der Waals surface area contributed by atoms with Gasteiger partial charge in [0.25, 0.3) is 0 Å². The lowest BCUT2D eigenvalue weighted by Crippen LogP contribution is -2.68. The second kappa shape index (κ2) is 7.12. The van der Waals surface area contributed by atoms with Gasteiger partial charge in [-0.2, -0.15) is 81.0 Å². The van der Waals surface area contributed by atoms with Crippen molar-refractivity contribution < 1.29 is 95.2 Å². The fourth-order valence-electron chi connectivity index (χ4n) is 1.87. The first-order chi connectivity index (χ1) is 13.5. The third kappa shape index (κ3) is 4.35. The number of rotatable bonds is 2. The summed E-state index contributed by atoms with van der Waals surface area (Å²) in [4.78, 5) is 11.7. The lowest BCUT2D eigenvalue weighted by atomic mass is 10.2. The van der Waals surface area contributed by atoms with Gasteiger partial charge in [0.2, 0.25) is 0 Å². The van der Waals surface area contributed by atoms with Crippen LogP contribution < -0.4 is 0 Å². The van der Waals surface area contributed by atoms with Crippen LogP contribution >= 0.6 is 0 Å². The van der Waals surface area contributed by atoms with Gasteiger partial charge in [0.1, 0.15) is 13.2 Å². The highest BCUT2D eigenvalue weighted by atomic mass is 19.4. The molecule has 31 heavy (non-hydrogen) atoms. The monoisotopic (exact) mass is 502 g/mol. The van der Waals surface area contributed by atoms with Crippen LogP contribution in [0.15, 0.2) is 0 Å². The summed E-state index contributed by atoms with van der Waals surface area (Å²) in [6, 6.07) is -9.28. The number of alkyl halides is 14. The second-order valence-corrected chi connectivity index (χ2v) is 5.56. The molecule has 2 unspecified atom stereocenters. The fourth-order valence-corrected chi connectivity index (χ4v) is 1.87. The normalized spacial score (nSPS) is 32.7. The Morgan fingerprint density at radius 1 is 0.484 bits per heavy atom. The zero-order chi connectivity index (χ0) is 24.4. The lowest BCUT2D eigenvalue weighted by Gasteiger charge is -2.45. The SMILES string of the molecule is FC1(OC2(F)COC(C(F)(F)F)(C(F)(F)F)OO2)COC(C(F)(F)F)(C(F)(F)F)OO1. The summed E-state index contributed by atoms with van der Waals surface area (Å²) in [5, 5.41) is 0. The molecule has 0 amide bonds. The van der Waals surface area contributed by atoms with Crippen LogP contribution in [0.2, 0.25) is 0 Å². The van der Waals surface area contributed by atoms with E-state index in [4.69, 9.17) is 0 Å². The minimum Gasteiger partial charge on any atom is -0.324 e. The molecule has 0 aromatic carbocycles. The molecule has 2 atom stereocenters. The van der Waals surface area contributed by atoms with Crippen LogP contribution in [0.5, 0.6) is 0 Å². The van der Waals surface area contributed by atoms with E-state index in [0.717, 1.165) is 0 Å². The van der Waals surface area contributed by atoms with Crippen molar-refractivity contribution in [3.8, 4) is 0 Å². The van der Waals surface area contributed by atoms with E-state index in [2.05, 4.69) is 33.8 Å². The van der Waals surface area contributed by atoms with E-state index in [0.29, 0.717) is 0 Å². The maximum absolute atomic E-state index is 14.1. The third-order valence-electron chi connectivity index (χ3n) is 3.26. The van der Waals surface area contributed by atoms with Crippen LogP contribution in [-0.4, -0.2) is 61.6 Å². The Hall–Kier alpha value is -1.26. The Labute approximate surface area is 158 Å². The van der Waals surface area contributed by atoms with Gasteiger partial charge in [0, 0.05) is 0 Å². The summed E-state index contributed by atoms with van der Waals surface area (Å²) >= 11 is 0. The fraction of sp³-hybridized carbons (Fsp3) is 1.00. The number of hydrogen-bond donors (Lipinski definition) is 0. The quantitative estimate of drug-likeness (QED) is 0.420. The molecule has 7 nitrogen and oxygen atoms in total. The van der Waals surface area contributed by atoms with E-state index in [1.165, 1.54) is 0 Å². The molecule has 21 heteroatoms. The minimum atomic E-state index is -6.47. The largest absolute Gasteiger partial charge is 0.456 e. The van der Waals surface area contributed by atoms with Crippen molar-refractivity contribution in [2.45, 2.75) is 48.4 Å². The van der Waals surface area contributed by atoms with Crippen molar-refractivity contribution in [1.82, 2.24) is 0 Å². The van der Waals surface area contributed by atoms with Crippen LogP contribution in [0, 0.1) is 0 Å². The van der Waals surface area contributed by atoms with Crippen molar-refractivity contribution >= 4 is 0 Å². The lowest BCUT2D eigenvalue weighted by molar-refractivity contribution is -0.687. The molecular weight excluding hydrogens is 498 g/mol. The molecule has 2 rings (SSSR count). The van der Waals surface area contributed by atoms with Crippen molar-refractivity contribution in [1.29, 1.82) is 0 Å². The maximum Gasteiger partial charge on any atom is 0.456 e. The third-order valence-corrected chi connectivity index (χ3v) is 3.26. The molecule has 0 saturated carbocycles. The summed E-state index contributed by atoms with van der Waals surface area (Å²) in [5.41, 5.74) is 0. The highest BCUT2D eigenvalue weighted by molar-refractivity contribution is 4.90. The molecule has 2 fully saturated rings. The van der Waals surface area contributed by atoms with Gasteiger partial charge in [-0.15, -0.1) is 0 Å². The van der Waals surface area contributed by atoms with Crippen molar-refractivity contribution in [3.63, 3.8) is 0 Å². The summed E-state index contributed by atoms with van der Waals surface area (Å²) in [6.07, 6.45) is -25.9. The molecule has 0 spiro atoms. The van der Waals surface area contributed by atoms with E-state index < -0.39 is 61.6 Å². The molecular formula is C10H4F14O7. The number of hydrogen-bond acceptors (Lipinski definition) is 7. The zero-order valence-corrected chi connectivity index (χ0v) is 13.6. The average Bonchev–Trinajstić information content (AvgIpc) is 2.50. The molecule has 2 aliphatic heterocycles. The molecule has 0 bridgehead atoms. The summed E-state index contributed by atoms with van der Waals surface area (Å²) in [6.45, 7) is -5.27. The molecule has 184 valence electrons. The van der Waals surface area contributed by atoms with Crippen LogP contribution in [0.4, 0.5) is 61.5 Å². The Morgan fingerprint density at radius 3 is 0.903 bits per heavy atom. The van der Waals surface area contributed by atoms with Crippen LogP contribution in [0.25, 0.3) is 0 Å². The molecule has 0 aliphatic carbocycles. The van der Waals surface area contributed by atoms with E-state index in [1.54, 1.807) is 0 Å². The predicted molar refractivity (Wildman–Crippen MR) is 54.7 cm³/mol. The minimum absolute atomic E-state index is 2.63. The van der Waals surface area contributed by atoms with E-state index in [9.17, 15) is 61.5 Å². The van der Waals surface area contributed by atoms with Crippen molar-refractivity contribution in [3.05, 3.63) is 0 Å². The van der Waals surface area contributed by atoms with E-state index in [-0.39, 0.29) is 0 Å². The second-order valence-electron chi connectivity index (χ2n) is 5.56. The number of halogens is 14. The van der Waals surface area contributed by atoms with Gasteiger partial charge in [-0.3, -0.25) is 4.74 Å². The molecule has 0 aromatic rings. The highest BCUT2D eigenvalue weighted by Crippen LogP contribution is 2.53. The zero-order valence-electron chi connectivity index (χ0n) is 13.6. The molecule has 2 saturated heterocycles. The first-order valence-corrected chi connectivity index (χ1v) is 6.90. The molecule has 2 aliphatic rings. The van der Waals surface area contributed by atoms with Gasteiger partial charge < -0.3 is 9.47 Å². The molecule has 0 N–H and O–H groups in total. The predicted octanol–water partition coefficient (Wildman–Crippen LogP) is 3.85. The van der Waals surface area contributed by atoms with E-state index in [1.807, 2.05) is 0 Å². The summed E-state index contributed by atoms with van der Waals surface area (Å²) < 4.78 is 189. The standard InChI is InChI=1S/C10H4F14O7/c11-3(1-25-5(30-28-3,7(13,14)15)8(16,17)18)27-4(12)2-26-6(31-29-4,9(19,20)21)10(22,23)24/h1-2H2. The summed E-state index contributed by atoms with van der Waals surface area (Å²) in [5.74, 6) is -11.2. The first-order valence-electron chi connectivity index (χ1n) is 6.90. The number of ether oxygens (including phenoxy) is 3. The average molecular weight is 502 g/mol. The van der Waals surface area contributed by atoms with Gasteiger partial charge in [0.05, 0.1) is 0 Å². The van der Waals surface area contributed by atoms with Crippen molar-refractivity contribution in [2.75, 3.05) is 13.2 Å². The van der Waals surface area contributed by atoms with Gasteiger partial charge in [-0.1, -0.05) is 0 Å². The first kappa shape index (κ1) is 26.0. The van der Waals surface area contributed by atoms with E-state index >= 15 is 0 Å². The maximum atomic E-state index is 14.1. The van der Waals surface area contributed by atoms with Crippen molar-refractivity contribution in [2.24, 2.45) is 0 Å². The molecule has 0 aromatic heterocycles. The molecule has 0 radical (unpaired) electrons. The Bertz CT molecular complexity index is 562. The summed E-state index contributed by atoms with van der Waals surface area (Å²) in [7, 11) is 0. The van der Waals surface area contributed by atoms with Crippen LogP contribution in [-0.2, 0) is 33.8 Å². The van der Waals surface area contributed by atoms with Gasteiger partial charge >= 0.3 is 48.4 Å². The Morgan fingerprint density at radius 2 is 0.742 bits per heavy atom. The van der Waals surface area contributed by atoms with Crippen LogP contribution in [0.3, 0.4) is 0 Å². The van der Waals surface area contributed by atoms with Crippen LogP contribution in [0.1, 0.15) is 0 Å². The van der Waals surface area contributed by atoms with Gasteiger partial charge in [-0.25, -0.2) is 0 Å². The van der Waals surface area contributed by atoms with Gasteiger partial charge in [-0.05, 0) is 0 Å². The Kier molecular flexibility index (Phi) is 5.97. The topological polar surface area (TPSA) is 64.6 Å². The smallest absolute Gasteiger partial charge is 0.324 e. The highest BCUT2D eigenvalue weighted by Gasteiger charge is 2.81. The Balaban J connectivity index is 2.16. The van der Waals surface area contributed by atoms with Gasteiger partial charge in [0.15, 0.2) is 0 Å².